The van der Waals surface area contributed by atoms with Crippen LogP contribution in [-0.2, 0) is 6.42 Å². The summed E-state index contributed by atoms with van der Waals surface area (Å²) in [6, 6.07) is 7.47. The van der Waals surface area contributed by atoms with E-state index in [9.17, 15) is 0 Å². The number of hydrogen-bond acceptors (Lipinski definition) is 6. The number of anilines is 1. The number of H-pyrrole nitrogens is 1. The van der Waals surface area contributed by atoms with Gasteiger partial charge in [0.1, 0.15) is 0 Å². The minimum Gasteiger partial charge on any atom is -0.366 e. The third kappa shape index (κ3) is 2.55. The van der Waals surface area contributed by atoms with Crippen molar-refractivity contribution in [1.82, 2.24) is 25.3 Å². The quantitative estimate of drug-likeness (QED) is 0.754. The first-order valence-corrected chi connectivity index (χ1v) is 5.84. The minimum absolute atomic E-state index is 0.129. The summed E-state index contributed by atoms with van der Waals surface area (Å²) in [5.74, 6) is 1.26. The van der Waals surface area contributed by atoms with Crippen LogP contribution < -0.4 is 5.73 Å². The summed E-state index contributed by atoms with van der Waals surface area (Å²) in [6.45, 7) is 0. The monoisotopic (exact) mass is 276 g/mol. The first-order chi connectivity index (χ1) is 9.20. The first-order valence-electron chi connectivity index (χ1n) is 5.46. The highest BCUT2D eigenvalue weighted by Gasteiger charge is 2.13. The maximum Gasteiger partial charge on any atom is 0.295 e. The van der Waals surface area contributed by atoms with Crippen molar-refractivity contribution in [1.29, 1.82) is 0 Å². The van der Waals surface area contributed by atoms with E-state index in [1.54, 1.807) is 0 Å². The van der Waals surface area contributed by atoms with Crippen LogP contribution in [0.4, 0.5) is 5.95 Å². The molecule has 0 aliphatic heterocycles. The van der Waals surface area contributed by atoms with Crippen LogP contribution in [0.3, 0.4) is 0 Å². The van der Waals surface area contributed by atoms with Gasteiger partial charge < -0.3 is 10.3 Å². The molecule has 0 unspecified atom stereocenters. The molecule has 19 heavy (non-hydrogen) atoms. The number of rotatable bonds is 3. The van der Waals surface area contributed by atoms with Crippen molar-refractivity contribution >= 4 is 17.5 Å². The van der Waals surface area contributed by atoms with Gasteiger partial charge in [-0.1, -0.05) is 28.9 Å². The minimum atomic E-state index is 0.129. The standard InChI is InChI=1S/C11H9ClN6O/c12-7-3-1-2-6(4-7)5-8-14-10(19-18-8)9-15-11(13)17-16-9/h1-4H,5H2,(H3,13,15,16,17). The van der Waals surface area contributed by atoms with E-state index >= 15 is 0 Å². The Kier molecular flexibility index (Phi) is 2.88. The lowest BCUT2D eigenvalue weighted by atomic mass is 10.1. The second kappa shape index (κ2) is 4.69. The molecule has 96 valence electrons. The molecule has 0 saturated heterocycles. The number of aromatic amines is 1. The lowest BCUT2D eigenvalue weighted by molar-refractivity contribution is 0.421. The molecule has 2 aromatic heterocycles. The maximum atomic E-state index is 5.91. The van der Waals surface area contributed by atoms with E-state index in [1.165, 1.54) is 0 Å². The average molecular weight is 277 g/mol. The highest BCUT2D eigenvalue weighted by molar-refractivity contribution is 6.30. The highest BCUT2D eigenvalue weighted by atomic mass is 35.5. The number of halogens is 1. The number of nitrogen functional groups attached to an aromatic ring is 1. The van der Waals surface area contributed by atoms with Gasteiger partial charge in [0, 0.05) is 11.4 Å². The van der Waals surface area contributed by atoms with Crippen molar-refractivity contribution in [2.24, 2.45) is 0 Å². The SMILES string of the molecule is Nc1n[nH]c(-c2nc(Cc3cccc(Cl)c3)no2)n1. The van der Waals surface area contributed by atoms with Crippen LogP contribution in [0, 0.1) is 0 Å². The van der Waals surface area contributed by atoms with Crippen molar-refractivity contribution in [3.8, 4) is 11.7 Å². The van der Waals surface area contributed by atoms with Crippen molar-refractivity contribution in [2.45, 2.75) is 6.42 Å². The van der Waals surface area contributed by atoms with Crippen LogP contribution in [0.25, 0.3) is 11.7 Å². The Morgan fingerprint density at radius 2 is 2.21 bits per heavy atom. The second-order valence-electron chi connectivity index (χ2n) is 3.86. The van der Waals surface area contributed by atoms with E-state index in [0.29, 0.717) is 23.1 Å². The van der Waals surface area contributed by atoms with Crippen LogP contribution >= 0.6 is 11.6 Å². The Morgan fingerprint density at radius 3 is 2.95 bits per heavy atom. The maximum absolute atomic E-state index is 5.91. The predicted octanol–water partition coefficient (Wildman–Crippen LogP) is 1.68. The van der Waals surface area contributed by atoms with Gasteiger partial charge >= 0.3 is 0 Å². The lowest BCUT2D eigenvalue weighted by Crippen LogP contribution is -1.91. The molecule has 3 aromatic rings. The highest BCUT2D eigenvalue weighted by Crippen LogP contribution is 2.16. The van der Waals surface area contributed by atoms with Crippen LogP contribution in [0.5, 0.6) is 0 Å². The number of nitrogens with two attached hydrogens (primary N) is 1. The van der Waals surface area contributed by atoms with E-state index in [0.717, 1.165) is 5.56 Å². The van der Waals surface area contributed by atoms with Gasteiger partial charge in [-0.15, -0.1) is 5.10 Å². The summed E-state index contributed by atoms with van der Waals surface area (Å²) in [7, 11) is 0. The van der Waals surface area contributed by atoms with Crippen LogP contribution in [-0.4, -0.2) is 25.3 Å². The predicted molar refractivity (Wildman–Crippen MR) is 68.3 cm³/mol. The second-order valence-corrected chi connectivity index (χ2v) is 4.30. The molecule has 0 aliphatic carbocycles. The van der Waals surface area contributed by atoms with Crippen LogP contribution in [0.2, 0.25) is 5.02 Å². The molecule has 0 radical (unpaired) electrons. The van der Waals surface area contributed by atoms with Gasteiger partial charge in [0.2, 0.25) is 11.8 Å². The van der Waals surface area contributed by atoms with Crippen molar-refractivity contribution < 1.29 is 4.52 Å². The van der Waals surface area contributed by atoms with Crippen molar-refractivity contribution in [2.75, 3.05) is 5.73 Å². The lowest BCUT2D eigenvalue weighted by Gasteiger charge is -1.96. The normalized spacial score (nSPS) is 10.8. The fourth-order valence-corrected chi connectivity index (χ4v) is 1.83. The molecule has 1 aromatic carbocycles. The Morgan fingerprint density at radius 1 is 1.32 bits per heavy atom. The van der Waals surface area contributed by atoms with Gasteiger partial charge in [-0.3, -0.25) is 5.10 Å². The number of benzene rings is 1. The van der Waals surface area contributed by atoms with E-state index in [2.05, 4.69) is 25.3 Å². The molecule has 0 atom stereocenters. The summed E-state index contributed by atoms with van der Waals surface area (Å²) in [5, 5.41) is 10.8. The molecule has 0 saturated carbocycles. The molecule has 0 bridgehead atoms. The molecule has 3 rings (SSSR count). The van der Waals surface area contributed by atoms with Gasteiger partial charge in [-0.2, -0.15) is 9.97 Å². The van der Waals surface area contributed by atoms with Gasteiger partial charge in [0.05, 0.1) is 0 Å². The molecular weight excluding hydrogens is 268 g/mol. The Labute approximate surface area is 112 Å². The molecule has 0 fully saturated rings. The molecule has 8 heteroatoms. The van der Waals surface area contributed by atoms with Gasteiger partial charge in [0.15, 0.2) is 5.82 Å². The zero-order valence-corrected chi connectivity index (χ0v) is 10.4. The molecular formula is C11H9ClN6O. The van der Waals surface area contributed by atoms with Crippen molar-refractivity contribution in [3.63, 3.8) is 0 Å². The summed E-state index contributed by atoms with van der Waals surface area (Å²) in [5.41, 5.74) is 6.40. The van der Waals surface area contributed by atoms with Crippen LogP contribution in [0.15, 0.2) is 28.8 Å². The zero-order chi connectivity index (χ0) is 13.2. The average Bonchev–Trinajstić information content (AvgIpc) is 2.98. The number of aromatic nitrogens is 5. The third-order valence-electron chi connectivity index (χ3n) is 2.42. The Balaban J connectivity index is 1.82. The summed E-state index contributed by atoms with van der Waals surface area (Å²) in [4.78, 5) is 8.12. The third-order valence-corrected chi connectivity index (χ3v) is 2.66. The summed E-state index contributed by atoms with van der Waals surface area (Å²) >= 11 is 5.91. The number of nitrogens with one attached hydrogen (secondary N) is 1. The van der Waals surface area contributed by atoms with E-state index in [-0.39, 0.29) is 11.8 Å². The van der Waals surface area contributed by atoms with E-state index in [4.69, 9.17) is 21.9 Å². The first kappa shape index (κ1) is 11.7. The molecule has 0 amide bonds. The molecule has 7 nitrogen and oxygen atoms in total. The fraction of sp³-hybridized carbons (Fsp3) is 0.0909. The Hall–Kier alpha value is -2.41. The Bertz CT molecular complexity index is 707. The van der Waals surface area contributed by atoms with Gasteiger partial charge in [0.25, 0.3) is 5.89 Å². The summed E-state index contributed by atoms with van der Waals surface area (Å²) in [6.07, 6.45) is 0.522. The van der Waals surface area contributed by atoms with E-state index in [1.807, 2.05) is 24.3 Å². The zero-order valence-electron chi connectivity index (χ0n) is 9.67. The number of nitrogens with zero attached hydrogens (tertiary/aromatic N) is 4. The largest absolute Gasteiger partial charge is 0.366 e. The van der Waals surface area contributed by atoms with Gasteiger partial charge in [-0.05, 0) is 17.7 Å². The van der Waals surface area contributed by atoms with Gasteiger partial charge in [-0.25, -0.2) is 0 Å². The van der Waals surface area contributed by atoms with Crippen LogP contribution in [0.1, 0.15) is 11.4 Å². The summed E-state index contributed by atoms with van der Waals surface area (Å²) < 4.78 is 5.08. The van der Waals surface area contributed by atoms with E-state index < -0.39 is 0 Å². The van der Waals surface area contributed by atoms with Crippen molar-refractivity contribution in [3.05, 3.63) is 40.7 Å². The topological polar surface area (TPSA) is 107 Å². The molecule has 0 spiro atoms. The molecule has 0 aliphatic rings. The fourth-order valence-electron chi connectivity index (χ4n) is 1.62. The molecule has 3 N–H and O–H groups in total. The number of hydrogen-bond donors (Lipinski definition) is 2. The molecule has 2 heterocycles. The smallest absolute Gasteiger partial charge is 0.295 e.